The van der Waals surface area contributed by atoms with Gasteiger partial charge in [-0.3, -0.25) is 9.36 Å². The fourth-order valence-corrected chi connectivity index (χ4v) is 3.25. The van der Waals surface area contributed by atoms with Crippen molar-refractivity contribution < 1.29 is 0 Å². The summed E-state index contributed by atoms with van der Waals surface area (Å²) in [6.07, 6.45) is 2.07. The van der Waals surface area contributed by atoms with Gasteiger partial charge in [0.25, 0.3) is 5.56 Å². The lowest BCUT2D eigenvalue weighted by atomic mass is 10.1. The van der Waals surface area contributed by atoms with Crippen molar-refractivity contribution in [3.8, 4) is 5.69 Å². The van der Waals surface area contributed by atoms with Gasteiger partial charge in [-0.2, -0.15) is 0 Å². The largest absolute Gasteiger partial charge is 0.308 e. The fourth-order valence-electron chi connectivity index (χ4n) is 3.25. The molecule has 0 saturated carbocycles. The van der Waals surface area contributed by atoms with Crippen LogP contribution in [0.25, 0.3) is 16.6 Å². The first kappa shape index (κ1) is 19.3. The maximum atomic E-state index is 13.3. The summed E-state index contributed by atoms with van der Waals surface area (Å²) >= 11 is 0. The van der Waals surface area contributed by atoms with Gasteiger partial charge in [-0.1, -0.05) is 45.0 Å². The number of nitrogens with zero attached hydrogens (tertiary/aromatic N) is 2. The lowest BCUT2D eigenvalue weighted by molar-refractivity contribution is 0.479. The maximum Gasteiger partial charge on any atom is 0.266 e. The predicted octanol–water partition coefficient (Wildman–Crippen LogP) is 4.64. The van der Waals surface area contributed by atoms with E-state index in [0.717, 1.165) is 36.4 Å². The first-order chi connectivity index (χ1) is 13.0. The zero-order valence-corrected chi connectivity index (χ0v) is 16.7. The SMILES string of the molecule is CCc1ccc(-n2c([C@@H](C)NCCC(C)C)nc3ccccc3c2=O)cc1. The highest BCUT2D eigenvalue weighted by Crippen LogP contribution is 2.19. The third-order valence-electron chi connectivity index (χ3n) is 4.96. The summed E-state index contributed by atoms with van der Waals surface area (Å²) < 4.78 is 1.76. The van der Waals surface area contributed by atoms with E-state index >= 15 is 0 Å². The van der Waals surface area contributed by atoms with Crippen LogP contribution >= 0.6 is 0 Å². The molecule has 4 heteroatoms. The molecule has 0 saturated heterocycles. The molecule has 3 aromatic rings. The molecule has 0 aliphatic rings. The molecule has 0 aliphatic heterocycles. The van der Waals surface area contributed by atoms with Gasteiger partial charge in [-0.05, 0) is 62.1 Å². The van der Waals surface area contributed by atoms with Crippen LogP contribution in [-0.4, -0.2) is 16.1 Å². The smallest absolute Gasteiger partial charge is 0.266 e. The molecule has 4 nitrogen and oxygen atoms in total. The monoisotopic (exact) mass is 363 g/mol. The van der Waals surface area contributed by atoms with Gasteiger partial charge in [0, 0.05) is 0 Å². The number of nitrogens with one attached hydrogen (secondary N) is 1. The van der Waals surface area contributed by atoms with Crippen molar-refractivity contribution in [2.24, 2.45) is 5.92 Å². The minimum atomic E-state index is -0.0214. The van der Waals surface area contributed by atoms with Gasteiger partial charge in [0.15, 0.2) is 0 Å². The standard InChI is InChI=1S/C23H29N3O/c1-5-18-10-12-19(13-11-18)26-22(17(4)24-15-14-16(2)3)25-21-9-7-6-8-20(21)23(26)27/h6-13,16-17,24H,5,14-15H2,1-4H3/t17-/m1/s1. The van der Waals surface area contributed by atoms with E-state index in [0.29, 0.717) is 11.3 Å². The molecular formula is C23H29N3O. The summed E-state index contributed by atoms with van der Waals surface area (Å²) in [7, 11) is 0. The summed E-state index contributed by atoms with van der Waals surface area (Å²) in [5.41, 5.74) is 2.85. The number of rotatable bonds is 7. The molecular weight excluding hydrogens is 334 g/mol. The third-order valence-corrected chi connectivity index (χ3v) is 4.96. The van der Waals surface area contributed by atoms with Gasteiger partial charge in [-0.15, -0.1) is 0 Å². The second-order valence-electron chi connectivity index (χ2n) is 7.51. The van der Waals surface area contributed by atoms with E-state index in [1.54, 1.807) is 4.57 Å². The highest BCUT2D eigenvalue weighted by molar-refractivity contribution is 5.77. The maximum absolute atomic E-state index is 13.3. The Bertz CT molecular complexity index is 958. The highest BCUT2D eigenvalue weighted by atomic mass is 16.1. The van der Waals surface area contributed by atoms with E-state index in [1.165, 1.54) is 5.56 Å². The van der Waals surface area contributed by atoms with E-state index in [9.17, 15) is 4.79 Å². The normalized spacial score (nSPS) is 12.6. The molecule has 0 amide bonds. The first-order valence-corrected chi connectivity index (χ1v) is 9.85. The summed E-state index contributed by atoms with van der Waals surface area (Å²) in [6, 6.07) is 15.7. The van der Waals surface area contributed by atoms with Crippen LogP contribution in [0.3, 0.4) is 0 Å². The van der Waals surface area contributed by atoms with Crippen molar-refractivity contribution in [2.45, 2.75) is 46.6 Å². The van der Waals surface area contributed by atoms with Crippen molar-refractivity contribution in [1.82, 2.24) is 14.9 Å². The summed E-state index contributed by atoms with van der Waals surface area (Å²) in [4.78, 5) is 18.1. The number of benzene rings is 2. The molecule has 1 N–H and O–H groups in total. The Hall–Kier alpha value is -2.46. The van der Waals surface area contributed by atoms with Crippen LogP contribution in [0.15, 0.2) is 53.3 Å². The van der Waals surface area contributed by atoms with Gasteiger partial charge in [0.2, 0.25) is 0 Å². The van der Waals surface area contributed by atoms with Crippen molar-refractivity contribution >= 4 is 10.9 Å². The van der Waals surface area contributed by atoms with Crippen molar-refractivity contribution in [3.63, 3.8) is 0 Å². The predicted molar refractivity (Wildman–Crippen MR) is 113 cm³/mol. The molecule has 2 aromatic carbocycles. The Morgan fingerprint density at radius 1 is 1.04 bits per heavy atom. The number of hydrogen-bond donors (Lipinski definition) is 1. The topological polar surface area (TPSA) is 46.9 Å². The Morgan fingerprint density at radius 2 is 1.74 bits per heavy atom. The Balaban J connectivity index is 2.10. The Labute approximate surface area is 161 Å². The first-order valence-electron chi connectivity index (χ1n) is 9.85. The Kier molecular flexibility index (Phi) is 6.07. The summed E-state index contributed by atoms with van der Waals surface area (Å²) in [5, 5.41) is 4.18. The molecule has 1 heterocycles. The van der Waals surface area contributed by atoms with Crippen LogP contribution in [0.5, 0.6) is 0 Å². The minimum absolute atomic E-state index is 0.0163. The number of aryl methyl sites for hydroxylation is 1. The third kappa shape index (κ3) is 4.28. The molecule has 1 aromatic heterocycles. The van der Waals surface area contributed by atoms with Crippen LogP contribution in [-0.2, 0) is 6.42 Å². The molecule has 142 valence electrons. The van der Waals surface area contributed by atoms with Crippen LogP contribution in [0.4, 0.5) is 0 Å². The second-order valence-corrected chi connectivity index (χ2v) is 7.51. The van der Waals surface area contributed by atoms with Crippen LogP contribution in [0.2, 0.25) is 0 Å². The highest BCUT2D eigenvalue weighted by Gasteiger charge is 2.17. The Morgan fingerprint density at radius 3 is 2.41 bits per heavy atom. The molecule has 1 atom stereocenters. The van der Waals surface area contributed by atoms with Crippen molar-refractivity contribution in [1.29, 1.82) is 0 Å². The lowest BCUT2D eigenvalue weighted by Crippen LogP contribution is -2.30. The molecule has 0 fully saturated rings. The van der Waals surface area contributed by atoms with Crippen molar-refractivity contribution in [3.05, 3.63) is 70.3 Å². The quantitative estimate of drug-likeness (QED) is 0.665. The summed E-state index contributed by atoms with van der Waals surface area (Å²) in [6.45, 7) is 9.53. The van der Waals surface area contributed by atoms with E-state index in [2.05, 4.69) is 45.1 Å². The average molecular weight is 364 g/mol. The molecule has 0 spiro atoms. The van der Waals surface area contributed by atoms with Gasteiger partial charge in [0.1, 0.15) is 5.82 Å². The molecule has 3 rings (SSSR count). The zero-order chi connectivity index (χ0) is 19.4. The number of hydrogen-bond acceptors (Lipinski definition) is 3. The van der Waals surface area contributed by atoms with E-state index in [4.69, 9.17) is 4.98 Å². The van der Waals surface area contributed by atoms with E-state index in [-0.39, 0.29) is 11.6 Å². The zero-order valence-electron chi connectivity index (χ0n) is 16.7. The van der Waals surface area contributed by atoms with Gasteiger partial charge >= 0.3 is 0 Å². The minimum Gasteiger partial charge on any atom is -0.308 e. The molecule has 0 aliphatic carbocycles. The van der Waals surface area contributed by atoms with Gasteiger partial charge in [-0.25, -0.2) is 4.98 Å². The average Bonchev–Trinajstić information content (AvgIpc) is 2.67. The van der Waals surface area contributed by atoms with E-state index < -0.39 is 0 Å². The number of para-hydroxylation sites is 1. The molecule has 0 bridgehead atoms. The van der Waals surface area contributed by atoms with Gasteiger partial charge in [0.05, 0.1) is 22.6 Å². The summed E-state index contributed by atoms with van der Waals surface area (Å²) in [5.74, 6) is 1.39. The van der Waals surface area contributed by atoms with Crippen LogP contribution in [0.1, 0.15) is 51.5 Å². The molecule has 0 unspecified atom stereocenters. The van der Waals surface area contributed by atoms with E-state index in [1.807, 2.05) is 36.4 Å². The second kappa shape index (κ2) is 8.49. The van der Waals surface area contributed by atoms with Crippen LogP contribution < -0.4 is 10.9 Å². The van der Waals surface area contributed by atoms with Crippen molar-refractivity contribution in [2.75, 3.05) is 6.54 Å². The number of fused-ring (bicyclic) bond motifs is 1. The fraction of sp³-hybridized carbons (Fsp3) is 0.391. The number of aromatic nitrogens is 2. The van der Waals surface area contributed by atoms with Gasteiger partial charge < -0.3 is 5.32 Å². The molecule has 27 heavy (non-hydrogen) atoms. The molecule has 0 radical (unpaired) electrons. The lowest BCUT2D eigenvalue weighted by Gasteiger charge is -2.20. The van der Waals surface area contributed by atoms with Crippen LogP contribution in [0, 0.1) is 5.92 Å².